The largest absolute Gasteiger partial charge is 0.245 e. The molecule has 0 fully saturated rings. The van der Waals surface area contributed by atoms with Crippen molar-refractivity contribution in [3.8, 4) is 65.6 Å². The molecular weight excluding hydrogens is 621 g/mol. The molecule has 0 N–H and O–H groups in total. The van der Waals surface area contributed by atoms with Crippen molar-refractivity contribution in [3.63, 3.8) is 0 Å². The zero-order chi connectivity index (χ0) is 31.9. The number of rotatable bonds is 6. The van der Waals surface area contributed by atoms with Gasteiger partial charge in [-0.1, -0.05) is 121 Å². The highest BCUT2D eigenvalue weighted by Crippen LogP contribution is 2.46. The summed E-state index contributed by atoms with van der Waals surface area (Å²) >= 11 is 3.34. The zero-order valence-corrected chi connectivity index (χ0v) is 27.5. The highest BCUT2D eigenvalue weighted by atomic mass is 32.1. The Labute approximate surface area is 287 Å². The van der Waals surface area contributed by atoms with Crippen LogP contribution in [0.25, 0.3) is 87.2 Å². The maximum absolute atomic E-state index is 4.63. The summed E-state index contributed by atoms with van der Waals surface area (Å²) in [6, 6.07) is 53.0. The molecule has 2 heterocycles. The molecule has 9 aromatic rings. The molecule has 2 nitrogen and oxygen atoms in total. The van der Waals surface area contributed by atoms with Gasteiger partial charge in [0.15, 0.2) is 0 Å². The van der Waals surface area contributed by atoms with Crippen molar-refractivity contribution in [2.45, 2.75) is 0 Å². The van der Waals surface area contributed by atoms with Crippen molar-refractivity contribution in [3.05, 3.63) is 169 Å². The lowest BCUT2D eigenvalue weighted by atomic mass is 9.84. The average Bonchev–Trinajstić information content (AvgIpc) is 3.90. The van der Waals surface area contributed by atoms with Gasteiger partial charge in [0, 0.05) is 34.3 Å². The fourth-order valence-corrected chi connectivity index (χ4v) is 8.11. The van der Waals surface area contributed by atoms with E-state index in [0.717, 1.165) is 21.1 Å². The summed E-state index contributed by atoms with van der Waals surface area (Å²) in [5.74, 6) is 0. The summed E-state index contributed by atoms with van der Waals surface area (Å²) in [6.45, 7) is 0. The topological polar surface area (TPSA) is 25.8 Å². The van der Waals surface area contributed by atoms with Crippen LogP contribution < -0.4 is 0 Å². The van der Waals surface area contributed by atoms with Crippen molar-refractivity contribution in [1.82, 2.24) is 9.97 Å². The number of benzene rings is 7. The van der Waals surface area contributed by atoms with E-state index in [1.54, 1.807) is 22.7 Å². The predicted octanol–water partition coefficient (Wildman–Crippen LogP) is 12.9. The molecule has 4 heteroatoms. The van der Waals surface area contributed by atoms with E-state index in [1.165, 1.54) is 66.1 Å². The zero-order valence-electron chi connectivity index (χ0n) is 25.9. The third-order valence-corrected chi connectivity index (χ3v) is 10.6. The van der Waals surface area contributed by atoms with Crippen LogP contribution >= 0.6 is 22.7 Å². The minimum atomic E-state index is 1.03. The smallest absolute Gasteiger partial charge is 0.123 e. The maximum Gasteiger partial charge on any atom is 0.123 e. The van der Waals surface area contributed by atoms with Crippen LogP contribution in [0.4, 0.5) is 0 Å². The minimum Gasteiger partial charge on any atom is -0.245 e. The number of fused-ring (bicyclic) bond motifs is 2. The molecule has 0 aliphatic heterocycles. The summed E-state index contributed by atoms with van der Waals surface area (Å²) in [7, 11) is 0. The first-order valence-corrected chi connectivity index (χ1v) is 17.7. The fraction of sp³-hybridized carbons (Fsp3) is 0. The van der Waals surface area contributed by atoms with E-state index in [4.69, 9.17) is 0 Å². The molecule has 0 aliphatic rings. The van der Waals surface area contributed by atoms with Crippen LogP contribution in [0, 0.1) is 0 Å². The summed E-state index contributed by atoms with van der Waals surface area (Å²) in [5.41, 5.74) is 11.9. The third kappa shape index (κ3) is 5.12. The Hall–Kier alpha value is -5.68. The first-order valence-electron chi connectivity index (χ1n) is 16.0. The van der Waals surface area contributed by atoms with E-state index < -0.39 is 0 Å². The van der Waals surface area contributed by atoms with Crippen LogP contribution in [0.2, 0.25) is 0 Å². The SMILES string of the molecule is c1ccc(-c2cccc(-c3ccc4c(-c5cccc(-c6nccs6)c5)c5ccccc5c(-c5cccc(-c6nccs6)c5)c4c3)c2)cc1. The molecule has 0 bridgehead atoms. The second kappa shape index (κ2) is 12.2. The van der Waals surface area contributed by atoms with Gasteiger partial charge in [-0.25, -0.2) is 9.97 Å². The second-order valence-corrected chi connectivity index (χ2v) is 13.6. The van der Waals surface area contributed by atoms with Gasteiger partial charge in [0.05, 0.1) is 0 Å². The molecule has 0 saturated heterocycles. The van der Waals surface area contributed by atoms with Crippen LogP contribution in [-0.2, 0) is 0 Å². The Morgan fingerprint density at radius 1 is 0.312 bits per heavy atom. The van der Waals surface area contributed by atoms with E-state index in [1.807, 2.05) is 23.2 Å². The van der Waals surface area contributed by atoms with Gasteiger partial charge in [-0.05, 0) is 90.3 Å². The summed E-state index contributed by atoms with van der Waals surface area (Å²) in [5, 5.41) is 11.0. The van der Waals surface area contributed by atoms with E-state index in [2.05, 4.69) is 156 Å². The van der Waals surface area contributed by atoms with Crippen molar-refractivity contribution < 1.29 is 0 Å². The lowest BCUT2D eigenvalue weighted by Gasteiger charge is -2.19. The molecule has 7 aromatic carbocycles. The molecule has 0 unspecified atom stereocenters. The summed E-state index contributed by atoms with van der Waals surface area (Å²) < 4.78 is 0. The quantitative estimate of drug-likeness (QED) is 0.168. The highest BCUT2D eigenvalue weighted by Gasteiger charge is 2.19. The lowest BCUT2D eigenvalue weighted by Crippen LogP contribution is -1.92. The fourth-order valence-electron chi connectivity index (χ4n) is 6.84. The molecular formula is C44H28N2S2. The van der Waals surface area contributed by atoms with Gasteiger partial charge in [-0.15, -0.1) is 22.7 Å². The van der Waals surface area contributed by atoms with Gasteiger partial charge in [-0.3, -0.25) is 0 Å². The van der Waals surface area contributed by atoms with E-state index in [0.29, 0.717) is 0 Å². The Morgan fingerprint density at radius 3 is 1.33 bits per heavy atom. The number of aromatic nitrogens is 2. The highest BCUT2D eigenvalue weighted by molar-refractivity contribution is 7.13. The van der Waals surface area contributed by atoms with Gasteiger partial charge < -0.3 is 0 Å². The maximum atomic E-state index is 4.63. The third-order valence-electron chi connectivity index (χ3n) is 8.99. The summed E-state index contributed by atoms with van der Waals surface area (Å²) in [6.07, 6.45) is 3.75. The second-order valence-electron chi connectivity index (χ2n) is 11.8. The minimum absolute atomic E-state index is 1.03. The first kappa shape index (κ1) is 28.5. The van der Waals surface area contributed by atoms with Gasteiger partial charge in [0.1, 0.15) is 10.0 Å². The Morgan fingerprint density at radius 2 is 0.750 bits per heavy atom. The van der Waals surface area contributed by atoms with Crippen LogP contribution in [0.5, 0.6) is 0 Å². The summed E-state index contributed by atoms with van der Waals surface area (Å²) in [4.78, 5) is 9.25. The lowest BCUT2D eigenvalue weighted by molar-refractivity contribution is 1.41. The molecule has 0 radical (unpaired) electrons. The number of nitrogens with zero attached hydrogens (tertiary/aromatic N) is 2. The Kier molecular flexibility index (Phi) is 7.23. The molecule has 0 atom stereocenters. The van der Waals surface area contributed by atoms with Crippen molar-refractivity contribution >= 4 is 44.2 Å². The van der Waals surface area contributed by atoms with Gasteiger partial charge in [-0.2, -0.15) is 0 Å². The molecule has 48 heavy (non-hydrogen) atoms. The Balaban J connectivity index is 1.33. The predicted molar refractivity (Wildman–Crippen MR) is 205 cm³/mol. The van der Waals surface area contributed by atoms with E-state index in [-0.39, 0.29) is 0 Å². The number of thiazole rings is 2. The average molecular weight is 649 g/mol. The van der Waals surface area contributed by atoms with E-state index >= 15 is 0 Å². The number of hydrogen-bond acceptors (Lipinski definition) is 4. The van der Waals surface area contributed by atoms with Gasteiger partial charge in [0.25, 0.3) is 0 Å². The van der Waals surface area contributed by atoms with Crippen molar-refractivity contribution in [2.75, 3.05) is 0 Å². The standard InChI is InChI=1S/C44H28N2S2/c1-2-9-29(10-3-1)30-11-6-12-31(25-30)32-19-20-39-40(28-32)42(34-14-8-16-36(27-34)44-46-22-24-48-44)38-18-5-4-17-37(38)41(39)33-13-7-15-35(26-33)43-45-21-23-47-43/h1-28H. The molecule has 0 saturated carbocycles. The van der Waals surface area contributed by atoms with Crippen molar-refractivity contribution in [1.29, 1.82) is 0 Å². The normalized spacial score (nSPS) is 11.3. The van der Waals surface area contributed by atoms with Crippen LogP contribution in [-0.4, -0.2) is 9.97 Å². The van der Waals surface area contributed by atoms with Crippen molar-refractivity contribution in [2.24, 2.45) is 0 Å². The number of hydrogen-bond donors (Lipinski definition) is 0. The van der Waals surface area contributed by atoms with E-state index in [9.17, 15) is 0 Å². The molecule has 0 aliphatic carbocycles. The Bertz CT molecular complexity index is 2550. The van der Waals surface area contributed by atoms with Gasteiger partial charge >= 0.3 is 0 Å². The van der Waals surface area contributed by atoms with Gasteiger partial charge in [0.2, 0.25) is 0 Å². The van der Waals surface area contributed by atoms with Crippen LogP contribution in [0.1, 0.15) is 0 Å². The molecule has 0 spiro atoms. The van der Waals surface area contributed by atoms with Crippen LogP contribution in [0.15, 0.2) is 169 Å². The monoisotopic (exact) mass is 648 g/mol. The molecule has 2 aromatic heterocycles. The molecule has 0 amide bonds. The molecule has 9 rings (SSSR count). The first-order chi connectivity index (χ1) is 23.8. The van der Waals surface area contributed by atoms with Crippen LogP contribution in [0.3, 0.4) is 0 Å². The molecule has 226 valence electrons.